The minimum atomic E-state index is -1.59. The monoisotopic (exact) mass is 222 g/mol. The molecule has 2 unspecified atom stereocenters. The molecule has 0 bridgehead atoms. The Labute approximate surface area is 91.3 Å². The van der Waals surface area contributed by atoms with Gasteiger partial charge in [0.05, 0.1) is 0 Å². The SMILES string of the molecule is O=C(O)C1OC1(Cc1ccccc1)C(=O)O. The van der Waals surface area contributed by atoms with Crippen molar-refractivity contribution in [3.63, 3.8) is 0 Å². The summed E-state index contributed by atoms with van der Waals surface area (Å²) < 4.78 is 4.83. The number of epoxide rings is 1. The first-order chi connectivity index (χ1) is 7.56. The van der Waals surface area contributed by atoms with Gasteiger partial charge in [0.25, 0.3) is 0 Å². The maximum Gasteiger partial charge on any atom is 0.339 e. The number of carbonyl (C=O) groups is 2. The van der Waals surface area contributed by atoms with E-state index in [1.165, 1.54) is 0 Å². The highest BCUT2D eigenvalue weighted by Gasteiger charge is 2.67. The summed E-state index contributed by atoms with van der Waals surface area (Å²) in [6, 6.07) is 8.82. The number of rotatable bonds is 4. The Hall–Kier alpha value is -1.88. The van der Waals surface area contributed by atoms with Crippen LogP contribution < -0.4 is 0 Å². The van der Waals surface area contributed by atoms with Gasteiger partial charge in [0, 0.05) is 6.42 Å². The number of benzene rings is 1. The van der Waals surface area contributed by atoms with E-state index in [9.17, 15) is 9.59 Å². The summed E-state index contributed by atoms with van der Waals surface area (Å²) in [5.41, 5.74) is -0.846. The molecular formula is C11H10O5. The standard InChI is InChI=1S/C11H10O5/c12-9(13)8-11(16-8,10(14)15)6-7-4-2-1-3-5-7/h1-5,8H,6H2,(H,12,13)(H,14,15). The number of ether oxygens (including phenoxy) is 1. The molecule has 0 saturated carbocycles. The van der Waals surface area contributed by atoms with Gasteiger partial charge in [-0.3, -0.25) is 0 Å². The van der Waals surface area contributed by atoms with Crippen molar-refractivity contribution in [1.29, 1.82) is 0 Å². The maximum atomic E-state index is 11.0. The molecule has 1 saturated heterocycles. The van der Waals surface area contributed by atoms with Crippen LogP contribution in [0.2, 0.25) is 0 Å². The van der Waals surface area contributed by atoms with Crippen molar-refractivity contribution in [3.8, 4) is 0 Å². The van der Waals surface area contributed by atoms with Crippen LogP contribution in [0.4, 0.5) is 0 Å². The summed E-state index contributed by atoms with van der Waals surface area (Å²) >= 11 is 0. The van der Waals surface area contributed by atoms with E-state index < -0.39 is 23.6 Å². The smallest absolute Gasteiger partial charge is 0.339 e. The molecule has 1 aliphatic rings. The van der Waals surface area contributed by atoms with E-state index in [-0.39, 0.29) is 6.42 Å². The summed E-state index contributed by atoms with van der Waals surface area (Å²) in [6.45, 7) is 0. The van der Waals surface area contributed by atoms with Gasteiger partial charge in [-0.15, -0.1) is 0 Å². The van der Waals surface area contributed by atoms with E-state index in [4.69, 9.17) is 14.9 Å². The Morgan fingerprint density at radius 2 is 1.88 bits per heavy atom. The predicted octanol–water partition coefficient (Wildman–Crippen LogP) is 0.536. The Morgan fingerprint density at radius 1 is 1.25 bits per heavy atom. The second-order valence-corrected chi connectivity index (χ2v) is 3.69. The second-order valence-electron chi connectivity index (χ2n) is 3.69. The topological polar surface area (TPSA) is 87.1 Å². The van der Waals surface area contributed by atoms with E-state index in [0.29, 0.717) is 0 Å². The average molecular weight is 222 g/mol. The van der Waals surface area contributed by atoms with E-state index >= 15 is 0 Å². The molecule has 0 radical (unpaired) electrons. The molecule has 1 aromatic carbocycles. The molecule has 0 amide bonds. The van der Waals surface area contributed by atoms with Gasteiger partial charge in [0.2, 0.25) is 5.60 Å². The lowest BCUT2D eigenvalue weighted by atomic mass is 9.96. The Morgan fingerprint density at radius 3 is 2.31 bits per heavy atom. The minimum absolute atomic E-state index is 0.0696. The summed E-state index contributed by atoms with van der Waals surface area (Å²) in [6.07, 6.45) is -1.18. The van der Waals surface area contributed by atoms with Gasteiger partial charge >= 0.3 is 11.9 Å². The van der Waals surface area contributed by atoms with E-state index in [1.807, 2.05) is 0 Å². The lowest BCUT2D eigenvalue weighted by Gasteiger charge is -2.06. The van der Waals surface area contributed by atoms with Gasteiger partial charge in [0.1, 0.15) is 0 Å². The number of hydrogen-bond donors (Lipinski definition) is 2. The summed E-state index contributed by atoms with van der Waals surface area (Å²) in [7, 11) is 0. The molecule has 2 rings (SSSR count). The molecule has 16 heavy (non-hydrogen) atoms. The molecule has 0 aliphatic carbocycles. The van der Waals surface area contributed by atoms with Crippen molar-refractivity contribution in [2.24, 2.45) is 0 Å². The van der Waals surface area contributed by atoms with Gasteiger partial charge < -0.3 is 14.9 Å². The normalized spacial score (nSPS) is 27.4. The van der Waals surface area contributed by atoms with Gasteiger partial charge in [-0.2, -0.15) is 0 Å². The highest BCUT2D eigenvalue weighted by atomic mass is 16.6. The third kappa shape index (κ3) is 1.65. The Kier molecular flexibility index (Phi) is 2.40. The van der Waals surface area contributed by atoms with Crippen LogP contribution in [0.1, 0.15) is 5.56 Å². The van der Waals surface area contributed by atoms with Crippen LogP contribution >= 0.6 is 0 Å². The third-order valence-electron chi connectivity index (χ3n) is 2.59. The zero-order valence-corrected chi connectivity index (χ0v) is 8.29. The second kappa shape index (κ2) is 3.61. The Balaban J connectivity index is 2.19. The number of aliphatic carboxylic acids is 2. The van der Waals surface area contributed by atoms with Gasteiger partial charge in [-0.1, -0.05) is 30.3 Å². The highest BCUT2D eigenvalue weighted by molar-refractivity contribution is 5.92. The molecule has 2 N–H and O–H groups in total. The molecule has 5 nitrogen and oxygen atoms in total. The van der Waals surface area contributed by atoms with Crippen molar-refractivity contribution in [2.45, 2.75) is 18.1 Å². The molecule has 0 spiro atoms. The predicted molar refractivity (Wildman–Crippen MR) is 53.0 cm³/mol. The molecular weight excluding hydrogens is 212 g/mol. The molecule has 1 fully saturated rings. The summed E-state index contributed by atoms with van der Waals surface area (Å²) in [5.74, 6) is -2.47. The van der Waals surface area contributed by atoms with Crippen molar-refractivity contribution >= 4 is 11.9 Å². The highest BCUT2D eigenvalue weighted by Crippen LogP contribution is 2.40. The summed E-state index contributed by atoms with van der Waals surface area (Å²) in [5, 5.41) is 17.7. The number of carboxylic acid groups (broad SMARTS) is 2. The van der Waals surface area contributed by atoms with Gasteiger partial charge in [-0.05, 0) is 5.56 Å². The van der Waals surface area contributed by atoms with Crippen molar-refractivity contribution in [3.05, 3.63) is 35.9 Å². The first kappa shape index (κ1) is 10.6. The zero-order chi connectivity index (χ0) is 11.8. The average Bonchev–Trinajstić information content (AvgIpc) is 2.95. The minimum Gasteiger partial charge on any atom is -0.479 e. The first-order valence-electron chi connectivity index (χ1n) is 4.74. The lowest BCUT2D eigenvalue weighted by molar-refractivity contribution is -0.144. The first-order valence-corrected chi connectivity index (χ1v) is 4.74. The lowest BCUT2D eigenvalue weighted by Crippen LogP contribution is -2.32. The maximum absolute atomic E-state index is 11.0. The van der Waals surface area contributed by atoms with Crippen LogP contribution in [-0.4, -0.2) is 33.9 Å². The number of hydrogen-bond acceptors (Lipinski definition) is 3. The largest absolute Gasteiger partial charge is 0.479 e. The summed E-state index contributed by atoms with van der Waals surface area (Å²) in [4.78, 5) is 21.7. The van der Waals surface area contributed by atoms with Crippen molar-refractivity contribution < 1.29 is 24.5 Å². The van der Waals surface area contributed by atoms with Crippen molar-refractivity contribution in [2.75, 3.05) is 0 Å². The molecule has 2 atom stereocenters. The van der Waals surface area contributed by atoms with Crippen LogP contribution in [0, 0.1) is 0 Å². The fourth-order valence-electron chi connectivity index (χ4n) is 1.70. The van der Waals surface area contributed by atoms with E-state index in [0.717, 1.165) is 5.56 Å². The fourth-order valence-corrected chi connectivity index (χ4v) is 1.70. The van der Waals surface area contributed by atoms with Crippen LogP contribution in [0.25, 0.3) is 0 Å². The molecule has 1 aliphatic heterocycles. The molecule has 84 valence electrons. The Bertz CT molecular complexity index is 427. The molecule has 1 heterocycles. The van der Waals surface area contributed by atoms with Gasteiger partial charge in [-0.25, -0.2) is 9.59 Å². The van der Waals surface area contributed by atoms with Crippen molar-refractivity contribution in [1.82, 2.24) is 0 Å². The quantitative estimate of drug-likeness (QED) is 0.726. The number of carboxylic acids is 2. The third-order valence-corrected chi connectivity index (χ3v) is 2.59. The van der Waals surface area contributed by atoms with Gasteiger partial charge in [0.15, 0.2) is 6.10 Å². The van der Waals surface area contributed by atoms with Crippen LogP contribution in [-0.2, 0) is 20.7 Å². The van der Waals surface area contributed by atoms with Crippen LogP contribution in [0.3, 0.4) is 0 Å². The van der Waals surface area contributed by atoms with E-state index in [1.54, 1.807) is 30.3 Å². The zero-order valence-electron chi connectivity index (χ0n) is 8.29. The molecule has 0 aromatic heterocycles. The fraction of sp³-hybridized carbons (Fsp3) is 0.273. The molecule has 5 heteroatoms. The molecule has 1 aromatic rings. The van der Waals surface area contributed by atoms with E-state index in [2.05, 4.69) is 0 Å². The van der Waals surface area contributed by atoms with Crippen LogP contribution in [0.15, 0.2) is 30.3 Å². The van der Waals surface area contributed by atoms with Crippen LogP contribution in [0.5, 0.6) is 0 Å².